The van der Waals surface area contributed by atoms with Gasteiger partial charge in [0, 0.05) is 28.2 Å². The van der Waals surface area contributed by atoms with Gasteiger partial charge in [0.25, 0.3) is 11.1 Å². The number of ketones is 2. The van der Waals surface area contributed by atoms with Crippen molar-refractivity contribution in [3.05, 3.63) is 41.7 Å². The van der Waals surface area contributed by atoms with Crippen molar-refractivity contribution in [2.45, 2.75) is 37.2 Å². The van der Waals surface area contributed by atoms with E-state index in [0.717, 1.165) is 9.13 Å². The number of aromatic nitrogens is 8. The normalized spacial score (nSPS) is 11.6. The van der Waals surface area contributed by atoms with Crippen LogP contribution in [-0.4, -0.2) is 54.0 Å². The number of fused-ring (bicyclic) bond motifs is 2. The van der Waals surface area contributed by atoms with Gasteiger partial charge in [-0.2, -0.15) is 0 Å². The Hall–Kier alpha value is -3.66. The highest BCUT2D eigenvalue weighted by molar-refractivity contribution is 8.15. The number of imidazole rings is 2. The molecule has 0 saturated heterocycles. The second-order valence-electron chi connectivity index (χ2n) is 8.53. The van der Waals surface area contributed by atoms with E-state index in [4.69, 9.17) is 0 Å². The molecule has 4 aromatic heterocycles. The lowest BCUT2D eigenvalue weighted by molar-refractivity contribution is -0.118. The molecule has 0 fully saturated rings. The second kappa shape index (κ2) is 9.66. The third-order valence-corrected chi connectivity index (χ3v) is 7.97. The Morgan fingerprint density at radius 3 is 1.32 bits per heavy atom. The number of hydrogen-bond donors (Lipinski definition) is 0. The van der Waals surface area contributed by atoms with Crippen LogP contribution in [0.4, 0.5) is 0 Å². The number of aryl methyl sites for hydroxylation is 4. The van der Waals surface area contributed by atoms with Crippen molar-refractivity contribution in [1.82, 2.24) is 37.4 Å². The lowest BCUT2D eigenvalue weighted by atomic mass is 10.4. The summed E-state index contributed by atoms with van der Waals surface area (Å²) in [7, 11) is 6.27. The molecular weight excluding hydrogens is 524 g/mol. The number of nitrogens with zero attached hydrogens (tertiary/aromatic N) is 8. The highest BCUT2D eigenvalue weighted by atomic mass is 32.2. The quantitative estimate of drug-likeness (QED) is 0.202. The fourth-order valence-corrected chi connectivity index (χ4v) is 5.92. The lowest BCUT2D eigenvalue weighted by Crippen LogP contribution is -2.40. The molecule has 0 amide bonds. The maximum absolute atomic E-state index is 12.9. The number of rotatable bonds is 8. The van der Waals surface area contributed by atoms with Gasteiger partial charge >= 0.3 is 11.4 Å². The lowest BCUT2D eigenvalue weighted by Gasteiger charge is -2.07. The first-order valence-corrected chi connectivity index (χ1v) is 12.9. The summed E-state index contributed by atoms with van der Waals surface area (Å²) in [5.41, 5.74) is -1.65. The van der Waals surface area contributed by atoms with Crippen molar-refractivity contribution in [2.24, 2.45) is 28.2 Å². The van der Waals surface area contributed by atoms with Gasteiger partial charge in [-0.25, -0.2) is 19.6 Å². The molecule has 14 nitrogen and oxygen atoms in total. The Labute approximate surface area is 216 Å². The van der Waals surface area contributed by atoms with Crippen molar-refractivity contribution in [3.8, 4) is 0 Å². The fourth-order valence-electron chi connectivity index (χ4n) is 3.96. The molecule has 0 N–H and O–H groups in total. The third-order valence-electron chi connectivity index (χ3n) is 5.78. The van der Waals surface area contributed by atoms with Gasteiger partial charge in [-0.05, 0) is 13.8 Å². The van der Waals surface area contributed by atoms with E-state index in [0.29, 0.717) is 15.4 Å². The van der Waals surface area contributed by atoms with Gasteiger partial charge in [0.1, 0.15) is 11.6 Å². The Kier molecular flexibility index (Phi) is 6.89. The van der Waals surface area contributed by atoms with Crippen LogP contribution in [0.1, 0.15) is 13.8 Å². The van der Waals surface area contributed by atoms with Gasteiger partial charge in [-0.15, -0.1) is 0 Å². The van der Waals surface area contributed by atoms with E-state index in [-0.39, 0.29) is 47.0 Å². The topological polar surface area (TPSA) is 158 Å². The molecule has 37 heavy (non-hydrogen) atoms. The maximum Gasteiger partial charge on any atom is 0.332 e. The molecule has 0 unspecified atom stereocenters. The molecule has 0 aliphatic carbocycles. The van der Waals surface area contributed by atoms with Gasteiger partial charge in [-0.3, -0.25) is 37.4 Å². The summed E-state index contributed by atoms with van der Waals surface area (Å²) in [5, 5.41) is 1.30. The minimum atomic E-state index is -0.627. The summed E-state index contributed by atoms with van der Waals surface area (Å²) in [4.78, 5) is 83.0. The van der Waals surface area contributed by atoms with Crippen LogP contribution in [0.2, 0.25) is 0 Å². The van der Waals surface area contributed by atoms with E-state index in [1.807, 2.05) is 0 Å². The minimum absolute atomic E-state index is 0.194. The van der Waals surface area contributed by atoms with Crippen LogP contribution in [0.5, 0.6) is 0 Å². The summed E-state index contributed by atoms with van der Waals surface area (Å²) in [6.45, 7) is 1.95. The summed E-state index contributed by atoms with van der Waals surface area (Å²) < 4.78 is 7.37. The van der Waals surface area contributed by atoms with Crippen LogP contribution in [0.25, 0.3) is 22.3 Å². The standard InChI is InChI=1S/C21H24N8O6S2/c1-10(30)7-28-16(32)12-14(26(5)20(28)34)22-18(24(12)3)36-9-37-19-23-15-13(25(19)4)17(33)29(8-11(2)31)21(35)27(15)6/h7-9H2,1-6H3. The first-order valence-electron chi connectivity index (χ1n) is 10.9. The molecule has 0 atom stereocenters. The molecular formula is C21H24N8O6S2. The molecule has 4 aromatic rings. The van der Waals surface area contributed by atoms with Crippen molar-refractivity contribution in [1.29, 1.82) is 0 Å². The van der Waals surface area contributed by atoms with Crippen LogP contribution in [0.3, 0.4) is 0 Å². The highest BCUT2D eigenvalue weighted by Gasteiger charge is 2.21. The maximum atomic E-state index is 12.9. The Morgan fingerprint density at radius 2 is 1.00 bits per heavy atom. The van der Waals surface area contributed by atoms with Crippen molar-refractivity contribution in [3.63, 3.8) is 0 Å². The molecule has 4 rings (SSSR count). The molecule has 0 radical (unpaired) electrons. The van der Waals surface area contributed by atoms with E-state index in [1.165, 1.54) is 60.6 Å². The molecule has 0 aromatic carbocycles. The van der Waals surface area contributed by atoms with Gasteiger partial charge in [-0.1, -0.05) is 23.5 Å². The zero-order valence-corrected chi connectivity index (χ0v) is 22.6. The summed E-state index contributed by atoms with van der Waals surface area (Å²) in [6, 6.07) is 0. The van der Waals surface area contributed by atoms with E-state index in [1.54, 1.807) is 23.2 Å². The Bertz CT molecular complexity index is 1720. The van der Waals surface area contributed by atoms with E-state index < -0.39 is 22.5 Å². The number of carbonyl (C=O) groups is 2. The van der Waals surface area contributed by atoms with Crippen molar-refractivity contribution >= 4 is 57.4 Å². The second-order valence-corrected chi connectivity index (χ2v) is 10.8. The number of carbonyl (C=O) groups excluding carboxylic acids is 2. The predicted molar refractivity (Wildman–Crippen MR) is 138 cm³/mol. The average Bonchev–Trinajstić information content (AvgIpc) is 3.33. The number of Topliss-reactive ketones (excluding diaryl/α,β-unsaturated/α-hetero) is 2. The molecule has 196 valence electrons. The van der Waals surface area contributed by atoms with E-state index in [9.17, 15) is 28.8 Å². The molecule has 0 saturated carbocycles. The third kappa shape index (κ3) is 4.39. The molecule has 0 aliphatic rings. The zero-order chi connectivity index (χ0) is 27.3. The van der Waals surface area contributed by atoms with Crippen molar-refractivity contribution in [2.75, 3.05) is 5.08 Å². The SMILES string of the molecule is CC(=O)Cn1c(=O)c2c(nc(SCSc3nc4c(c(=O)n(CC(C)=O)c(=O)n4C)n3C)n2C)n(C)c1=O. The van der Waals surface area contributed by atoms with E-state index in [2.05, 4.69) is 9.97 Å². The predicted octanol–water partition coefficient (Wildman–Crippen LogP) is -0.799. The van der Waals surface area contributed by atoms with Crippen LogP contribution >= 0.6 is 23.5 Å². The first-order chi connectivity index (χ1) is 17.3. The Balaban J connectivity index is 1.67. The first kappa shape index (κ1) is 26.4. The summed E-state index contributed by atoms with van der Waals surface area (Å²) in [5.74, 6) is -0.639. The number of hydrogen-bond acceptors (Lipinski definition) is 10. The van der Waals surface area contributed by atoms with Gasteiger partial charge in [0.05, 0.1) is 18.2 Å². The van der Waals surface area contributed by atoms with Crippen LogP contribution in [0.15, 0.2) is 29.5 Å². The van der Waals surface area contributed by atoms with Gasteiger partial charge in [0.15, 0.2) is 32.6 Å². The van der Waals surface area contributed by atoms with Crippen LogP contribution in [-0.2, 0) is 50.9 Å². The molecule has 16 heteroatoms. The van der Waals surface area contributed by atoms with E-state index >= 15 is 0 Å². The molecule has 0 bridgehead atoms. The monoisotopic (exact) mass is 548 g/mol. The molecule has 4 heterocycles. The minimum Gasteiger partial charge on any atom is -0.316 e. The zero-order valence-electron chi connectivity index (χ0n) is 21.0. The summed E-state index contributed by atoms with van der Waals surface area (Å²) in [6.07, 6.45) is 0. The van der Waals surface area contributed by atoms with Gasteiger partial charge < -0.3 is 9.13 Å². The Morgan fingerprint density at radius 1 is 0.649 bits per heavy atom. The van der Waals surface area contributed by atoms with Crippen molar-refractivity contribution < 1.29 is 9.59 Å². The van der Waals surface area contributed by atoms with Crippen LogP contribution < -0.4 is 22.5 Å². The fraction of sp³-hybridized carbons (Fsp3) is 0.429. The van der Waals surface area contributed by atoms with Gasteiger partial charge in [0.2, 0.25) is 0 Å². The summed E-state index contributed by atoms with van der Waals surface area (Å²) >= 11 is 2.57. The molecule has 0 aliphatic heterocycles. The highest BCUT2D eigenvalue weighted by Crippen LogP contribution is 2.28. The largest absolute Gasteiger partial charge is 0.332 e. The average molecular weight is 549 g/mol. The smallest absolute Gasteiger partial charge is 0.316 e. The van der Waals surface area contributed by atoms with Crippen LogP contribution in [0, 0.1) is 0 Å². The number of thioether (sulfide) groups is 2. The molecule has 0 spiro atoms.